The first-order chi connectivity index (χ1) is 16.7. The molecule has 5 N–H and O–H groups in total. The quantitative estimate of drug-likeness (QED) is 0.427. The zero-order chi connectivity index (χ0) is 24.4. The number of benzene rings is 1. The minimum Gasteiger partial charge on any atom is -0.392 e. The molecule has 2 saturated heterocycles. The third-order valence-electron chi connectivity index (χ3n) is 8.64. The summed E-state index contributed by atoms with van der Waals surface area (Å²) < 4.78 is 26.4. The lowest BCUT2D eigenvalue weighted by Gasteiger charge is -2.62. The van der Waals surface area contributed by atoms with Crippen molar-refractivity contribution in [2.75, 3.05) is 6.54 Å². The average molecular weight is 501 g/mol. The highest BCUT2D eigenvalue weighted by Gasteiger charge is 2.57. The second-order valence-electron chi connectivity index (χ2n) is 10.8. The molecule has 7 rings (SSSR count). The molecule has 35 heavy (non-hydrogen) atoms. The van der Waals surface area contributed by atoms with Crippen molar-refractivity contribution in [2.45, 2.75) is 69.2 Å². The number of hydrogen-bond donors (Lipinski definition) is 4. The van der Waals surface area contributed by atoms with Gasteiger partial charge in [0.25, 0.3) is 10.2 Å². The number of nitrogens with two attached hydrogens (primary N) is 1. The Kier molecular flexibility index (Phi) is 5.53. The third kappa shape index (κ3) is 4.09. The molecule has 1 aromatic heterocycles. The Labute approximate surface area is 205 Å². The molecule has 1 amide bonds. The van der Waals surface area contributed by atoms with Gasteiger partial charge in [-0.3, -0.25) is 10.2 Å². The monoisotopic (exact) mass is 500 g/mol. The molecule has 0 spiro atoms. The summed E-state index contributed by atoms with van der Waals surface area (Å²) in [5, 5.41) is 18.7. The maximum absolute atomic E-state index is 12.5. The van der Waals surface area contributed by atoms with Crippen LogP contribution in [0.5, 0.6) is 0 Å². The minimum atomic E-state index is -3.81. The molecule has 0 radical (unpaired) electrons. The fourth-order valence-electron chi connectivity index (χ4n) is 7.42. The van der Waals surface area contributed by atoms with Gasteiger partial charge in [0.1, 0.15) is 0 Å². The van der Waals surface area contributed by atoms with Crippen molar-refractivity contribution in [2.24, 2.45) is 16.5 Å². The van der Waals surface area contributed by atoms with E-state index in [1.165, 1.54) is 11.1 Å². The molecule has 4 atom stereocenters. The number of piperidine rings is 2. The third-order valence-corrected chi connectivity index (χ3v) is 9.24. The zero-order valence-corrected chi connectivity index (χ0v) is 20.3. The summed E-state index contributed by atoms with van der Waals surface area (Å²) in [5.74, 6) is 0.331. The molecule has 1 aromatic carbocycles. The minimum absolute atomic E-state index is 0.0257. The largest absolute Gasteiger partial charge is 0.392 e. The van der Waals surface area contributed by atoms with Gasteiger partial charge in [-0.05, 0) is 55.4 Å². The number of nitrogens with zero attached hydrogens (tertiary/aromatic N) is 3. The van der Waals surface area contributed by atoms with Gasteiger partial charge in [-0.15, -0.1) is 0 Å². The number of aliphatic hydroxyl groups is 1. The number of carbonyl (C=O) groups is 1. The van der Waals surface area contributed by atoms with Gasteiger partial charge in [0, 0.05) is 30.6 Å². The van der Waals surface area contributed by atoms with Gasteiger partial charge >= 0.3 is 0 Å². The van der Waals surface area contributed by atoms with Crippen molar-refractivity contribution in [1.82, 2.24) is 24.7 Å². The predicted molar refractivity (Wildman–Crippen MR) is 129 cm³/mol. The Hall–Kier alpha value is -2.31. The maximum Gasteiger partial charge on any atom is 0.274 e. The Bertz CT molecular complexity index is 1230. The number of nitrogens with one attached hydrogen (secondary N) is 2. The number of hydrazine groups is 1. The summed E-state index contributed by atoms with van der Waals surface area (Å²) in [4.78, 5) is 16.8. The van der Waals surface area contributed by atoms with Crippen LogP contribution in [0.15, 0.2) is 36.8 Å². The van der Waals surface area contributed by atoms with Gasteiger partial charge in [0.05, 0.1) is 30.4 Å². The Balaban J connectivity index is 1.15. The number of imidazole rings is 1. The van der Waals surface area contributed by atoms with E-state index in [0.717, 1.165) is 37.8 Å². The van der Waals surface area contributed by atoms with Gasteiger partial charge in [-0.2, -0.15) is 8.42 Å². The van der Waals surface area contributed by atoms with Crippen LogP contribution < -0.4 is 15.3 Å². The molecule has 3 aliphatic heterocycles. The van der Waals surface area contributed by atoms with Crippen LogP contribution in [0.1, 0.15) is 56.6 Å². The first-order valence-corrected chi connectivity index (χ1v) is 13.9. The van der Waals surface area contributed by atoms with Gasteiger partial charge in [-0.1, -0.05) is 24.3 Å². The summed E-state index contributed by atoms with van der Waals surface area (Å²) >= 11 is 0. The van der Waals surface area contributed by atoms with Crippen molar-refractivity contribution < 1.29 is 18.3 Å². The summed E-state index contributed by atoms with van der Waals surface area (Å²) in [7, 11) is -3.81. The molecule has 188 valence electrons. The van der Waals surface area contributed by atoms with Gasteiger partial charge < -0.3 is 9.67 Å². The van der Waals surface area contributed by atoms with Crippen LogP contribution in [0.25, 0.3) is 11.3 Å². The first-order valence-electron chi connectivity index (χ1n) is 12.4. The molecule has 10 nitrogen and oxygen atoms in total. The van der Waals surface area contributed by atoms with Crippen LogP contribution in [0, 0.1) is 11.3 Å². The zero-order valence-electron chi connectivity index (χ0n) is 19.5. The molecule has 4 fully saturated rings. The van der Waals surface area contributed by atoms with Crippen LogP contribution in [-0.2, 0) is 15.0 Å². The number of aliphatic hydroxyl groups excluding tert-OH is 1. The van der Waals surface area contributed by atoms with Crippen LogP contribution in [-0.4, -0.2) is 58.7 Å². The number of carbonyl (C=O) groups excluding carboxylic acids is 1. The van der Waals surface area contributed by atoms with E-state index in [9.17, 15) is 18.3 Å². The predicted octanol–water partition coefficient (Wildman–Crippen LogP) is 1.05. The molecular weight excluding hydrogens is 468 g/mol. The molecule has 4 bridgehead atoms. The molecule has 11 heteroatoms. The van der Waals surface area contributed by atoms with E-state index in [1.807, 2.05) is 18.6 Å². The maximum atomic E-state index is 12.5. The van der Waals surface area contributed by atoms with Crippen LogP contribution >= 0.6 is 0 Å². The van der Waals surface area contributed by atoms with Crippen LogP contribution in [0.2, 0.25) is 0 Å². The van der Waals surface area contributed by atoms with E-state index in [-0.39, 0.29) is 42.4 Å². The van der Waals surface area contributed by atoms with E-state index in [4.69, 9.17) is 5.14 Å². The van der Waals surface area contributed by atoms with E-state index >= 15 is 0 Å². The average Bonchev–Trinajstić information content (AvgIpc) is 3.37. The topological polar surface area (TPSA) is 143 Å². The van der Waals surface area contributed by atoms with E-state index < -0.39 is 16.3 Å². The Morgan fingerprint density at radius 2 is 1.97 bits per heavy atom. The normalized spacial score (nSPS) is 31.8. The highest BCUT2D eigenvalue weighted by molar-refractivity contribution is 7.87. The second-order valence-corrected chi connectivity index (χ2v) is 12.2. The molecular formula is C24H32N6O4S. The van der Waals surface area contributed by atoms with E-state index in [2.05, 4.69) is 42.9 Å². The van der Waals surface area contributed by atoms with Crippen molar-refractivity contribution in [3.63, 3.8) is 0 Å². The standard InChI is InChI=1S/C24H32N6O4S/c25-35(33,34)27-6-5-23(32)28-30-16-7-15-8-17(30)12-24(10-15,11-16)22(31)9-20-18-3-1-2-4-19(18)21-13-26-14-29(20)21/h1-4,13-17,20,22,27,31H,5-12H2,(H,28,32)(H2,25,33,34). The van der Waals surface area contributed by atoms with Crippen molar-refractivity contribution >= 4 is 16.1 Å². The number of aromatic nitrogens is 2. The first kappa shape index (κ1) is 23.1. The van der Waals surface area contributed by atoms with Crippen LogP contribution in [0.3, 0.4) is 0 Å². The highest BCUT2D eigenvalue weighted by atomic mass is 32.2. The summed E-state index contributed by atoms with van der Waals surface area (Å²) in [5.41, 5.74) is 6.42. The van der Waals surface area contributed by atoms with Crippen LogP contribution in [0.4, 0.5) is 0 Å². The number of hydrogen-bond acceptors (Lipinski definition) is 6. The lowest BCUT2D eigenvalue weighted by molar-refractivity contribution is -0.176. The summed E-state index contributed by atoms with van der Waals surface area (Å²) in [6, 6.07) is 8.83. The molecule has 2 aromatic rings. The van der Waals surface area contributed by atoms with Gasteiger partial charge in [0.15, 0.2) is 0 Å². The van der Waals surface area contributed by atoms with Crippen molar-refractivity contribution in [3.8, 4) is 11.3 Å². The highest BCUT2D eigenvalue weighted by Crippen LogP contribution is 2.58. The van der Waals surface area contributed by atoms with Crippen molar-refractivity contribution in [3.05, 3.63) is 42.4 Å². The smallest absolute Gasteiger partial charge is 0.274 e. The van der Waals surface area contributed by atoms with E-state index in [1.54, 1.807) is 0 Å². The number of fused-ring (bicyclic) bond motifs is 3. The van der Waals surface area contributed by atoms with Gasteiger partial charge in [0.2, 0.25) is 5.91 Å². The fourth-order valence-corrected chi connectivity index (χ4v) is 7.80. The second kappa shape index (κ2) is 8.38. The SMILES string of the molecule is NS(=O)(=O)NCCC(=O)NN1C2CC3CC1CC(C(O)CC1c4ccccc4-c4cncn41)(C3)C2. The lowest BCUT2D eigenvalue weighted by Crippen LogP contribution is -2.68. The number of amides is 1. The molecule has 5 aliphatic rings. The molecule has 4 unspecified atom stereocenters. The lowest BCUT2D eigenvalue weighted by atomic mass is 9.53. The molecule has 2 saturated carbocycles. The molecule has 4 heterocycles. The van der Waals surface area contributed by atoms with Gasteiger partial charge in [-0.25, -0.2) is 19.9 Å². The Morgan fingerprint density at radius 1 is 1.23 bits per heavy atom. The Morgan fingerprint density at radius 3 is 2.71 bits per heavy atom. The van der Waals surface area contributed by atoms with E-state index in [0.29, 0.717) is 12.3 Å². The summed E-state index contributed by atoms with van der Waals surface area (Å²) in [6.07, 6.45) is 8.76. The molecule has 2 aliphatic carbocycles. The summed E-state index contributed by atoms with van der Waals surface area (Å²) in [6.45, 7) is -0.0295. The fraction of sp³-hybridized carbons (Fsp3) is 0.583. The number of rotatable bonds is 8. The van der Waals surface area contributed by atoms with Crippen molar-refractivity contribution in [1.29, 1.82) is 0 Å².